The van der Waals surface area contributed by atoms with Crippen LogP contribution < -0.4 is 0 Å². The molecular formula is C17H18ClNO4S. The SMILES string of the molecule is Cc1ccc(COC(=O)CN(C)S(=O)(=O)c2ccc(Cl)cc2)cc1. The van der Waals surface area contributed by atoms with Gasteiger partial charge in [-0.1, -0.05) is 41.4 Å². The molecular weight excluding hydrogens is 350 g/mol. The van der Waals surface area contributed by atoms with Crippen LogP contribution in [-0.2, 0) is 26.2 Å². The van der Waals surface area contributed by atoms with E-state index in [1.165, 1.54) is 31.3 Å². The van der Waals surface area contributed by atoms with Crippen molar-refractivity contribution in [3.8, 4) is 0 Å². The summed E-state index contributed by atoms with van der Waals surface area (Å²) in [6, 6.07) is 13.3. The first-order valence-electron chi connectivity index (χ1n) is 7.22. The fourth-order valence-electron chi connectivity index (χ4n) is 1.95. The van der Waals surface area contributed by atoms with E-state index in [9.17, 15) is 13.2 Å². The zero-order valence-corrected chi connectivity index (χ0v) is 15.0. The first-order valence-corrected chi connectivity index (χ1v) is 9.04. The molecule has 24 heavy (non-hydrogen) atoms. The second-order valence-corrected chi connectivity index (χ2v) is 7.84. The van der Waals surface area contributed by atoms with E-state index in [1.54, 1.807) is 0 Å². The Hall–Kier alpha value is -1.89. The van der Waals surface area contributed by atoms with Crippen molar-refractivity contribution in [3.05, 3.63) is 64.7 Å². The molecule has 128 valence electrons. The maximum absolute atomic E-state index is 12.4. The molecule has 0 bridgehead atoms. The average molecular weight is 368 g/mol. The fraction of sp³-hybridized carbons (Fsp3) is 0.235. The molecule has 0 amide bonds. The van der Waals surface area contributed by atoms with Gasteiger partial charge >= 0.3 is 5.97 Å². The van der Waals surface area contributed by atoms with Crippen molar-refractivity contribution in [2.24, 2.45) is 0 Å². The molecule has 0 spiro atoms. The van der Waals surface area contributed by atoms with E-state index in [0.717, 1.165) is 15.4 Å². The third-order valence-corrected chi connectivity index (χ3v) is 5.46. The van der Waals surface area contributed by atoms with Crippen LogP contribution >= 0.6 is 11.6 Å². The summed E-state index contributed by atoms with van der Waals surface area (Å²) in [5, 5.41) is 0.439. The first kappa shape index (κ1) is 18.4. The van der Waals surface area contributed by atoms with E-state index in [-0.39, 0.29) is 18.0 Å². The van der Waals surface area contributed by atoms with Gasteiger partial charge in [0, 0.05) is 12.1 Å². The van der Waals surface area contributed by atoms with Crippen LogP contribution in [0.25, 0.3) is 0 Å². The van der Waals surface area contributed by atoms with Crippen molar-refractivity contribution in [1.82, 2.24) is 4.31 Å². The number of carbonyl (C=O) groups excluding carboxylic acids is 1. The molecule has 0 radical (unpaired) electrons. The van der Waals surface area contributed by atoms with Crippen molar-refractivity contribution in [1.29, 1.82) is 0 Å². The summed E-state index contributed by atoms with van der Waals surface area (Å²) in [6.45, 7) is 1.71. The molecule has 0 atom stereocenters. The second-order valence-electron chi connectivity index (χ2n) is 5.36. The molecule has 0 N–H and O–H groups in total. The van der Waals surface area contributed by atoms with Gasteiger partial charge in [-0.05, 0) is 36.8 Å². The van der Waals surface area contributed by atoms with Gasteiger partial charge in [-0.25, -0.2) is 8.42 Å². The van der Waals surface area contributed by atoms with Gasteiger partial charge in [-0.3, -0.25) is 4.79 Å². The summed E-state index contributed by atoms with van der Waals surface area (Å²) in [7, 11) is -2.44. The zero-order valence-electron chi connectivity index (χ0n) is 13.4. The van der Waals surface area contributed by atoms with Crippen LogP contribution in [0.2, 0.25) is 5.02 Å². The normalized spacial score (nSPS) is 11.5. The highest BCUT2D eigenvalue weighted by molar-refractivity contribution is 7.89. The smallest absolute Gasteiger partial charge is 0.321 e. The minimum Gasteiger partial charge on any atom is -0.460 e. The van der Waals surface area contributed by atoms with E-state index >= 15 is 0 Å². The predicted octanol–water partition coefficient (Wildman–Crippen LogP) is 3.01. The zero-order chi connectivity index (χ0) is 17.7. The van der Waals surface area contributed by atoms with Gasteiger partial charge in [0.25, 0.3) is 0 Å². The van der Waals surface area contributed by atoms with E-state index in [2.05, 4.69) is 0 Å². The van der Waals surface area contributed by atoms with Crippen LogP contribution in [0.15, 0.2) is 53.4 Å². The average Bonchev–Trinajstić information content (AvgIpc) is 2.54. The van der Waals surface area contributed by atoms with Gasteiger partial charge in [-0.15, -0.1) is 0 Å². The molecule has 0 unspecified atom stereocenters. The van der Waals surface area contributed by atoms with Gasteiger partial charge in [0.2, 0.25) is 10.0 Å². The Morgan fingerprint density at radius 1 is 1.08 bits per heavy atom. The maximum Gasteiger partial charge on any atom is 0.321 e. The summed E-state index contributed by atoms with van der Waals surface area (Å²) >= 11 is 5.75. The van der Waals surface area contributed by atoms with Gasteiger partial charge in [0.1, 0.15) is 13.2 Å². The van der Waals surface area contributed by atoms with Crippen molar-refractivity contribution in [2.45, 2.75) is 18.4 Å². The van der Waals surface area contributed by atoms with Crippen LogP contribution in [0.3, 0.4) is 0 Å². The van der Waals surface area contributed by atoms with Crippen molar-refractivity contribution >= 4 is 27.6 Å². The number of esters is 1. The Morgan fingerprint density at radius 3 is 2.25 bits per heavy atom. The molecule has 0 aromatic heterocycles. The van der Waals surface area contributed by atoms with E-state index in [0.29, 0.717) is 5.02 Å². The number of sulfonamides is 1. The molecule has 0 aliphatic heterocycles. The van der Waals surface area contributed by atoms with Crippen molar-refractivity contribution in [3.63, 3.8) is 0 Å². The Bertz CT molecular complexity index is 801. The standard InChI is InChI=1S/C17H18ClNO4S/c1-13-3-5-14(6-4-13)12-23-17(20)11-19(2)24(21,22)16-9-7-15(18)8-10-16/h3-10H,11-12H2,1-2H3. The number of rotatable bonds is 6. The molecule has 7 heteroatoms. The number of benzene rings is 2. The third-order valence-electron chi connectivity index (χ3n) is 3.39. The molecule has 0 aliphatic carbocycles. The number of halogens is 1. The molecule has 0 saturated heterocycles. The van der Waals surface area contributed by atoms with Crippen LogP contribution in [0.1, 0.15) is 11.1 Å². The second kappa shape index (κ2) is 7.79. The lowest BCUT2D eigenvalue weighted by Crippen LogP contribution is -2.33. The van der Waals surface area contributed by atoms with Crippen LogP contribution in [0.4, 0.5) is 0 Å². The largest absolute Gasteiger partial charge is 0.460 e. The van der Waals surface area contributed by atoms with Crippen molar-refractivity contribution in [2.75, 3.05) is 13.6 Å². The molecule has 0 saturated carbocycles. The van der Waals surface area contributed by atoms with Gasteiger partial charge in [0.05, 0.1) is 4.90 Å². The van der Waals surface area contributed by atoms with Crippen LogP contribution in [0.5, 0.6) is 0 Å². The lowest BCUT2D eigenvalue weighted by atomic mass is 10.2. The Labute approximate surface area is 146 Å². The minimum atomic E-state index is -3.77. The highest BCUT2D eigenvalue weighted by Crippen LogP contribution is 2.17. The molecule has 5 nitrogen and oxygen atoms in total. The summed E-state index contributed by atoms with van der Waals surface area (Å²) < 4.78 is 30.8. The summed E-state index contributed by atoms with van der Waals surface area (Å²) in [4.78, 5) is 11.9. The lowest BCUT2D eigenvalue weighted by molar-refractivity contribution is -0.144. The lowest BCUT2D eigenvalue weighted by Gasteiger charge is -2.16. The first-order chi connectivity index (χ1) is 11.3. The molecule has 0 heterocycles. The Kier molecular flexibility index (Phi) is 5.99. The quantitative estimate of drug-likeness (QED) is 0.736. The van der Waals surface area contributed by atoms with Gasteiger partial charge < -0.3 is 4.74 Å². The monoisotopic (exact) mass is 367 g/mol. The number of ether oxygens (including phenoxy) is 1. The topological polar surface area (TPSA) is 63.7 Å². The molecule has 2 aromatic carbocycles. The van der Waals surface area contributed by atoms with Crippen LogP contribution in [0, 0.1) is 6.92 Å². The number of hydrogen-bond acceptors (Lipinski definition) is 4. The van der Waals surface area contributed by atoms with Gasteiger partial charge in [0.15, 0.2) is 0 Å². The Balaban J connectivity index is 1.95. The molecule has 2 aromatic rings. The molecule has 2 rings (SSSR count). The Morgan fingerprint density at radius 2 is 1.67 bits per heavy atom. The molecule has 0 fully saturated rings. The summed E-state index contributed by atoms with van der Waals surface area (Å²) in [5.41, 5.74) is 1.95. The van der Waals surface area contributed by atoms with E-state index in [4.69, 9.17) is 16.3 Å². The van der Waals surface area contributed by atoms with Gasteiger partial charge in [-0.2, -0.15) is 4.31 Å². The number of aryl methyl sites for hydroxylation is 1. The fourth-order valence-corrected chi connectivity index (χ4v) is 3.19. The minimum absolute atomic E-state index is 0.0701. The highest BCUT2D eigenvalue weighted by atomic mass is 35.5. The predicted molar refractivity (Wildman–Crippen MR) is 92.2 cm³/mol. The van der Waals surface area contributed by atoms with E-state index in [1.807, 2.05) is 31.2 Å². The number of likely N-dealkylation sites (N-methyl/N-ethyl adjacent to an activating group) is 1. The number of carbonyl (C=O) groups is 1. The molecule has 0 aliphatic rings. The van der Waals surface area contributed by atoms with Crippen LogP contribution in [-0.4, -0.2) is 32.3 Å². The number of hydrogen-bond donors (Lipinski definition) is 0. The highest BCUT2D eigenvalue weighted by Gasteiger charge is 2.23. The number of nitrogens with zero attached hydrogens (tertiary/aromatic N) is 1. The maximum atomic E-state index is 12.4. The van der Waals surface area contributed by atoms with E-state index < -0.39 is 16.0 Å². The summed E-state index contributed by atoms with van der Waals surface area (Å²) in [6.07, 6.45) is 0. The third kappa shape index (κ3) is 4.80. The summed E-state index contributed by atoms with van der Waals surface area (Å²) in [5.74, 6) is -0.615. The van der Waals surface area contributed by atoms with Crippen molar-refractivity contribution < 1.29 is 17.9 Å².